The van der Waals surface area contributed by atoms with E-state index < -0.39 is 0 Å². The zero-order valence-corrected chi connectivity index (χ0v) is 12.4. The molecular weight excluding hydrogens is 220 g/mol. The fourth-order valence-electron chi connectivity index (χ4n) is 4.21. The molecule has 0 radical (unpaired) electrons. The number of nitrogens with one attached hydrogen (secondary N) is 1. The second-order valence-corrected chi connectivity index (χ2v) is 7.51. The first-order valence-corrected chi connectivity index (χ1v) is 8.03. The number of rotatable bonds is 3. The van der Waals surface area contributed by atoms with E-state index in [-0.39, 0.29) is 5.54 Å². The van der Waals surface area contributed by atoms with Gasteiger partial charge in [0.1, 0.15) is 0 Å². The summed E-state index contributed by atoms with van der Waals surface area (Å²) in [5.74, 6) is 0. The van der Waals surface area contributed by atoms with Gasteiger partial charge in [-0.25, -0.2) is 0 Å². The Balaban J connectivity index is 1.98. The van der Waals surface area contributed by atoms with E-state index >= 15 is 0 Å². The summed E-state index contributed by atoms with van der Waals surface area (Å²) in [5.41, 5.74) is 6.85. The Hall–Kier alpha value is -0.0800. The third-order valence-electron chi connectivity index (χ3n) is 5.08. The summed E-state index contributed by atoms with van der Waals surface area (Å²) in [6.07, 6.45) is 13.6. The third kappa shape index (κ3) is 3.71. The molecule has 0 bridgehead atoms. The van der Waals surface area contributed by atoms with Gasteiger partial charge in [0.2, 0.25) is 0 Å². The van der Waals surface area contributed by atoms with Gasteiger partial charge >= 0.3 is 0 Å². The standard InChI is InChI=1S/C16H32N2/c1-15(2)10-7-11-16(12-15,13-17)18-14-8-5-3-4-6-9-14/h14,18H,3-13,17H2,1-2H3. The molecule has 2 rings (SSSR count). The van der Waals surface area contributed by atoms with Crippen LogP contribution in [0.2, 0.25) is 0 Å². The highest BCUT2D eigenvalue weighted by Crippen LogP contribution is 2.41. The normalized spacial score (nSPS) is 34.2. The second-order valence-electron chi connectivity index (χ2n) is 7.51. The molecule has 3 N–H and O–H groups in total. The molecular formula is C16H32N2. The molecule has 0 aromatic rings. The lowest BCUT2D eigenvalue weighted by atomic mass is 9.67. The van der Waals surface area contributed by atoms with E-state index in [2.05, 4.69) is 19.2 Å². The van der Waals surface area contributed by atoms with Crippen LogP contribution in [0.15, 0.2) is 0 Å². The molecule has 2 aliphatic carbocycles. The Morgan fingerprint density at radius 1 is 1.00 bits per heavy atom. The van der Waals surface area contributed by atoms with Crippen molar-refractivity contribution in [3.8, 4) is 0 Å². The highest BCUT2D eigenvalue weighted by Gasteiger charge is 2.40. The Labute approximate surface area is 113 Å². The molecule has 0 aromatic heterocycles. The maximum atomic E-state index is 6.15. The van der Waals surface area contributed by atoms with Gasteiger partial charge in [-0.1, -0.05) is 46.0 Å². The maximum Gasteiger partial charge on any atom is 0.0311 e. The molecule has 0 spiro atoms. The molecule has 2 saturated carbocycles. The van der Waals surface area contributed by atoms with Gasteiger partial charge in [-0.2, -0.15) is 0 Å². The summed E-state index contributed by atoms with van der Waals surface area (Å²) in [7, 11) is 0. The molecule has 1 atom stereocenters. The molecule has 106 valence electrons. The smallest absolute Gasteiger partial charge is 0.0311 e. The van der Waals surface area contributed by atoms with Crippen LogP contribution in [0.25, 0.3) is 0 Å². The molecule has 1 unspecified atom stereocenters. The summed E-state index contributed by atoms with van der Waals surface area (Å²) < 4.78 is 0. The van der Waals surface area contributed by atoms with E-state index in [0.29, 0.717) is 5.41 Å². The Morgan fingerprint density at radius 2 is 1.67 bits per heavy atom. The van der Waals surface area contributed by atoms with Crippen LogP contribution in [0.1, 0.15) is 78.1 Å². The summed E-state index contributed by atoms with van der Waals surface area (Å²) in [4.78, 5) is 0. The molecule has 0 heterocycles. The van der Waals surface area contributed by atoms with Crippen LogP contribution in [-0.2, 0) is 0 Å². The molecule has 2 fully saturated rings. The minimum atomic E-state index is 0.233. The average molecular weight is 252 g/mol. The minimum absolute atomic E-state index is 0.233. The zero-order chi connectivity index (χ0) is 13.1. The fourth-order valence-corrected chi connectivity index (χ4v) is 4.21. The highest BCUT2D eigenvalue weighted by molar-refractivity contribution is 4.99. The lowest BCUT2D eigenvalue weighted by molar-refractivity contribution is 0.110. The minimum Gasteiger partial charge on any atom is -0.329 e. The summed E-state index contributed by atoms with van der Waals surface area (Å²) in [6, 6.07) is 0.727. The molecule has 2 aliphatic rings. The average Bonchev–Trinajstić information content (AvgIpc) is 2.56. The Morgan fingerprint density at radius 3 is 2.22 bits per heavy atom. The predicted octanol–water partition coefficient (Wildman–Crippen LogP) is 3.60. The van der Waals surface area contributed by atoms with Crippen LogP contribution in [0.3, 0.4) is 0 Å². The molecule has 2 nitrogen and oxygen atoms in total. The third-order valence-corrected chi connectivity index (χ3v) is 5.08. The van der Waals surface area contributed by atoms with Crippen LogP contribution < -0.4 is 11.1 Å². The van der Waals surface area contributed by atoms with E-state index in [1.165, 1.54) is 64.2 Å². The first-order chi connectivity index (χ1) is 8.55. The Kier molecular flexibility index (Phi) is 4.71. The van der Waals surface area contributed by atoms with Crippen molar-refractivity contribution in [2.75, 3.05) is 6.54 Å². The van der Waals surface area contributed by atoms with E-state index in [4.69, 9.17) is 5.73 Å². The fraction of sp³-hybridized carbons (Fsp3) is 1.00. The monoisotopic (exact) mass is 252 g/mol. The van der Waals surface area contributed by atoms with Crippen molar-refractivity contribution in [3.63, 3.8) is 0 Å². The van der Waals surface area contributed by atoms with E-state index in [1.54, 1.807) is 0 Å². The van der Waals surface area contributed by atoms with E-state index in [9.17, 15) is 0 Å². The topological polar surface area (TPSA) is 38.0 Å². The van der Waals surface area contributed by atoms with E-state index in [0.717, 1.165) is 12.6 Å². The number of hydrogen-bond donors (Lipinski definition) is 2. The largest absolute Gasteiger partial charge is 0.329 e. The number of nitrogens with two attached hydrogens (primary N) is 1. The van der Waals surface area contributed by atoms with Gasteiger partial charge in [0.15, 0.2) is 0 Å². The molecule has 18 heavy (non-hydrogen) atoms. The summed E-state index contributed by atoms with van der Waals surface area (Å²) in [6.45, 7) is 5.63. The second kappa shape index (κ2) is 5.92. The van der Waals surface area contributed by atoms with Gasteiger partial charge in [-0.3, -0.25) is 0 Å². The van der Waals surface area contributed by atoms with Gasteiger partial charge in [0.25, 0.3) is 0 Å². The number of hydrogen-bond acceptors (Lipinski definition) is 2. The van der Waals surface area contributed by atoms with Crippen LogP contribution in [0.5, 0.6) is 0 Å². The molecule has 0 aromatic carbocycles. The van der Waals surface area contributed by atoms with Crippen molar-refractivity contribution >= 4 is 0 Å². The van der Waals surface area contributed by atoms with Gasteiger partial charge in [0.05, 0.1) is 0 Å². The van der Waals surface area contributed by atoms with Crippen molar-refractivity contribution in [2.45, 2.75) is 89.6 Å². The zero-order valence-electron chi connectivity index (χ0n) is 12.4. The lowest BCUT2D eigenvalue weighted by Gasteiger charge is -2.47. The lowest BCUT2D eigenvalue weighted by Crippen LogP contribution is -2.58. The predicted molar refractivity (Wildman–Crippen MR) is 78.7 cm³/mol. The highest BCUT2D eigenvalue weighted by atomic mass is 15.0. The Bertz CT molecular complexity index is 254. The van der Waals surface area contributed by atoms with Gasteiger partial charge in [-0.15, -0.1) is 0 Å². The maximum absolute atomic E-state index is 6.15. The molecule has 0 amide bonds. The van der Waals surface area contributed by atoms with Crippen molar-refractivity contribution < 1.29 is 0 Å². The first-order valence-electron chi connectivity index (χ1n) is 8.03. The van der Waals surface area contributed by atoms with Gasteiger partial charge in [-0.05, 0) is 37.5 Å². The first kappa shape index (κ1) is 14.3. The van der Waals surface area contributed by atoms with Crippen molar-refractivity contribution in [2.24, 2.45) is 11.1 Å². The summed E-state index contributed by atoms with van der Waals surface area (Å²) in [5, 5.41) is 3.99. The van der Waals surface area contributed by atoms with Crippen LogP contribution in [0.4, 0.5) is 0 Å². The van der Waals surface area contributed by atoms with Crippen LogP contribution in [0, 0.1) is 5.41 Å². The van der Waals surface area contributed by atoms with Crippen LogP contribution >= 0.6 is 0 Å². The van der Waals surface area contributed by atoms with Crippen molar-refractivity contribution in [3.05, 3.63) is 0 Å². The van der Waals surface area contributed by atoms with Crippen molar-refractivity contribution in [1.29, 1.82) is 0 Å². The molecule has 2 heteroatoms. The van der Waals surface area contributed by atoms with Crippen LogP contribution in [-0.4, -0.2) is 18.1 Å². The molecule has 0 aliphatic heterocycles. The van der Waals surface area contributed by atoms with E-state index in [1.807, 2.05) is 0 Å². The quantitative estimate of drug-likeness (QED) is 0.753. The van der Waals surface area contributed by atoms with Gasteiger partial charge < -0.3 is 11.1 Å². The van der Waals surface area contributed by atoms with Gasteiger partial charge in [0, 0.05) is 18.1 Å². The van der Waals surface area contributed by atoms with Crippen molar-refractivity contribution in [1.82, 2.24) is 5.32 Å². The summed E-state index contributed by atoms with van der Waals surface area (Å²) >= 11 is 0. The SMILES string of the molecule is CC1(C)CCCC(CN)(NC2CCCCCC2)C1. The molecule has 0 saturated heterocycles.